The van der Waals surface area contributed by atoms with E-state index in [1.54, 1.807) is 0 Å². The van der Waals surface area contributed by atoms with Crippen LogP contribution in [0.25, 0.3) is 0 Å². The Balaban J connectivity index is 1.96. The molecule has 1 rings (SSSR count). The van der Waals surface area contributed by atoms with E-state index in [4.69, 9.17) is 0 Å². The van der Waals surface area contributed by atoms with Crippen molar-refractivity contribution in [3.63, 3.8) is 0 Å². The fourth-order valence-electron chi connectivity index (χ4n) is 1.57. The maximum Gasteiger partial charge on any atom is 0.221 e. The van der Waals surface area contributed by atoms with Gasteiger partial charge in [-0.15, -0.1) is 0 Å². The monoisotopic (exact) mass is 198 g/mol. The van der Waals surface area contributed by atoms with Crippen molar-refractivity contribution in [3.8, 4) is 0 Å². The van der Waals surface area contributed by atoms with Crippen molar-refractivity contribution in [2.24, 2.45) is 11.8 Å². The van der Waals surface area contributed by atoms with Gasteiger partial charge in [-0.3, -0.25) is 4.79 Å². The van der Waals surface area contributed by atoms with Crippen LogP contribution < -0.4 is 10.6 Å². The summed E-state index contributed by atoms with van der Waals surface area (Å²) in [5.74, 6) is 1.72. The van der Waals surface area contributed by atoms with E-state index in [0.29, 0.717) is 12.3 Å². The van der Waals surface area contributed by atoms with Gasteiger partial charge in [0.05, 0.1) is 0 Å². The standard InChI is InChI=1S/C11H22N2O/c1-3-12-7-6-11(14)13-8-9(2)10-4-5-10/h9-10,12H,3-8H2,1-2H3,(H,13,14). The molecule has 0 radical (unpaired) electrons. The van der Waals surface area contributed by atoms with Gasteiger partial charge in [0.15, 0.2) is 0 Å². The van der Waals surface area contributed by atoms with Crippen LogP contribution in [0, 0.1) is 11.8 Å². The van der Waals surface area contributed by atoms with E-state index in [2.05, 4.69) is 17.6 Å². The summed E-state index contributed by atoms with van der Waals surface area (Å²) in [4.78, 5) is 11.3. The second-order valence-electron chi connectivity index (χ2n) is 4.22. The molecule has 14 heavy (non-hydrogen) atoms. The van der Waals surface area contributed by atoms with Gasteiger partial charge in [0.2, 0.25) is 5.91 Å². The van der Waals surface area contributed by atoms with Crippen molar-refractivity contribution in [3.05, 3.63) is 0 Å². The van der Waals surface area contributed by atoms with Gasteiger partial charge in [-0.1, -0.05) is 13.8 Å². The molecule has 0 bridgehead atoms. The predicted octanol–water partition coefficient (Wildman–Crippen LogP) is 1.15. The maximum absolute atomic E-state index is 11.3. The van der Waals surface area contributed by atoms with Crippen molar-refractivity contribution < 1.29 is 4.79 Å². The zero-order valence-electron chi connectivity index (χ0n) is 9.31. The Morgan fingerprint density at radius 2 is 2.21 bits per heavy atom. The number of nitrogens with one attached hydrogen (secondary N) is 2. The molecule has 1 unspecified atom stereocenters. The normalized spacial score (nSPS) is 17.9. The summed E-state index contributed by atoms with van der Waals surface area (Å²) < 4.78 is 0. The first-order valence-corrected chi connectivity index (χ1v) is 5.71. The second kappa shape index (κ2) is 6.02. The fourth-order valence-corrected chi connectivity index (χ4v) is 1.57. The molecule has 1 aliphatic rings. The summed E-state index contributed by atoms with van der Waals surface area (Å²) in [6.45, 7) is 6.86. The third-order valence-electron chi connectivity index (χ3n) is 2.83. The highest BCUT2D eigenvalue weighted by molar-refractivity contribution is 5.76. The Bertz CT molecular complexity index is 178. The topological polar surface area (TPSA) is 41.1 Å². The Morgan fingerprint density at radius 1 is 1.50 bits per heavy atom. The highest BCUT2D eigenvalue weighted by Crippen LogP contribution is 2.35. The number of amides is 1. The molecule has 0 aromatic rings. The molecule has 3 heteroatoms. The summed E-state index contributed by atoms with van der Waals surface area (Å²) >= 11 is 0. The molecule has 82 valence electrons. The van der Waals surface area contributed by atoms with E-state index >= 15 is 0 Å². The minimum absolute atomic E-state index is 0.179. The smallest absolute Gasteiger partial charge is 0.221 e. The van der Waals surface area contributed by atoms with Crippen molar-refractivity contribution >= 4 is 5.91 Å². The first-order chi connectivity index (χ1) is 6.74. The molecule has 0 aromatic heterocycles. The lowest BCUT2D eigenvalue weighted by molar-refractivity contribution is -0.121. The van der Waals surface area contributed by atoms with Crippen molar-refractivity contribution in [1.29, 1.82) is 0 Å². The van der Waals surface area contributed by atoms with Gasteiger partial charge in [-0.2, -0.15) is 0 Å². The Hall–Kier alpha value is -0.570. The molecule has 0 aliphatic heterocycles. The molecule has 1 saturated carbocycles. The lowest BCUT2D eigenvalue weighted by Crippen LogP contribution is -2.31. The van der Waals surface area contributed by atoms with E-state index in [1.165, 1.54) is 12.8 Å². The highest BCUT2D eigenvalue weighted by atomic mass is 16.1. The summed E-state index contributed by atoms with van der Waals surface area (Å²) in [5.41, 5.74) is 0. The van der Waals surface area contributed by atoms with Gasteiger partial charge in [0.1, 0.15) is 0 Å². The summed E-state index contributed by atoms with van der Waals surface area (Å²) in [6.07, 6.45) is 3.31. The zero-order chi connectivity index (χ0) is 10.4. The summed E-state index contributed by atoms with van der Waals surface area (Å²) in [7, 11) is 0. The predicted molar refractivity (Wildman–Crippen MR) is 58.1 cm³/mol. The second-order valence-corrected chi connectivity index (χ2v) is 4.22. The quantitative estimate of drug-likeness (QED) is 0.602. The molecular weight excluding hydrogens is 176 g/mol. The van der Waals surface area contributed by atoms with Crippen molar-refractivity contribution in [1.82, 2.24) is 10.6 Å². The molecule has 1 aliphatic carbocycles. The van der Waals surface area contributed by atoms with Gasteiger partial charge in [-0.05, 0) is 31.2 Å². The fraction of sp³-hybridized carbons (Fsp3) is 0.909. The highest BCUT2D eigenvalue weighted by Gasteiger charge is 2.27. The van der Waals surface area contributed by atoms with E-state index < -0.39 is 0 Å². The third kappa shape index (κ3) is 4.61. The van der Waals surface area contributed by atoms with Crippen LogP contribution in [0.2, 0.25) is 0 Å². The van der Waals surface area contributed by atoms with E-state index in [1.807, 2.05) is 6.92 Å². The molecule has 0 heterocycles. The largest absolute Gasteiger partial charge is 0.356 e. The Kier molecular flexibility index (Phi) is 4.94. The maximum atomic E-state index is 11.3. The van der Waals surface area contributed by atoms with E-state index in [9.17, 15) is 4.79 Å². The molecule has 0 saturated heterocycles. The summed E-state index contributed by atoms with van der Waals surface area (Å²) in [5, 5.41) is 6.12. The van der Waals surface area contributed by atoms with Crippen LogP contribution in [0.1, 0.15) is 33.1 Å². The van der Waals surface area contributed by atoms with Crippen LogP contribution in [0.3, 0.4) is 0 Å². The lowest BCUT2D eigenvalue weighted by atomic mass is 10.1. The summed E-state index contributed by atoms with van der Waals surface area (Å²) in [6, 6.07) is 0. The molecule has 1 atom stereocenters. The minimum atomic E-state index is 0.179. The number of hydrogen-bond donors (Lipinski definition) is 2. The average Bonchev–Trinajstić information content (AvgIpc) is 2.98. The number of hydrogen-bond acceptors (Lipinski definition) is 2. The third-order valence-corrected chi connectivity index (χ3v) is 2.83. The molecular formula is C11H22N2O. The van der Waals surface area contributed by atoms with Crippen LogP contribution in [0.4, 0.5) is 0 Å². The van der Waals surface area contributed by atoms with Gasteiger partial charge in [0, 0.05) is 19.5 Å². The van der Waals surface area contributed by atoms with E-state index in [-0.39, 0.29) is 5.91 Å². The minimum Gasteiger partial charge on any atom is -0.356 e. The molecule has 0 aromatic carbocycles. The number of rotatable bonds is 7. The molecule has 1 amide bonds. The zero-order valence-corrected chi connectivity index (χ0v) is 9.31. The van der Waals surface area contributed by atoms with Crippen LogP contribution in [0.15, 0.2) is 0 Å². The van der Waals surface area contributed by atoms with E-state index in [0.717, 1.165) is 25.6 Å². The first-order valence-electron chi connectivity index (χ1n) is 5.71. The number of carbonyl (C=O) groups excluding carboxylic acids is 1. The van der Waals surface area contributed by atoms with Gasteiger partial charge in [-0.25, -0.2) is 0 Å². The van der Waals surface area contributed by atoms with Gasteiger partial charge < -0.3 is 10.6 Å². The van der Waals surface area contributed by atoms with Crippen LogP contribution >= 0.6 is 0 Å². The molecule has 0 spiro atoms. The first kappa shape index (κ1) is 11.5. The van der Waals surface area contributed by atoms with Crippen LogP contribution in [-0.4, -0.2) is 25.5 Å². The molecule has 1 fully saturated rings. The average molecular weight is 198 g/mol. The van der Waals surface area contributed by atoms with Crippen molar-refractivity contribution in [2.75, 3.05) is 19.6 Å². The van der Waals surface area contributed by atoms with Gasteiger partial charge >= 0.3 is 0 Å². The van der Waals surface area contributed by atoms with Crippen LogP contribution in [-0.2, 0) is 4.79 Å². The van der Waals surface area contributed by atoms with Gasteiger partial charge in [0.25, 0.3) is 0 Å². The molecule has 3 nitrogen and oxygen atoms in total. The molecule has 2 N–H and O–H groups in total. The van der Waals surface area contributed by atoms with Crippen LogP contribution in [0.5, 0.6) is 0 Å². The van der Waals surface area contributed by atoms with Crippen molar-refractivity contribution in [2.45, 2.75) is 33.1 Å². The Labute approximate surface area is 86.6 Å². The lowest BCUT2D eigenvalue weighted by Gasteiger charge is -2.11. The number of carbonyl (C=O) groups is 1. The Morgan fingerprint density at radius 3 is 2.79 bits per heavy atom. The SMILES string of the molecule is CCNCCC(=O)NCC(C)C1CC1.